The third kappa shape index (κ3) is 4.58. The van der Waals surface area contributed by atoms with Crippen molar-refractivity contribution in [2.24, 2.45) is 7.05 Å². The lowest BCUT2D eigenvalue weighted by molar-refractivity contribution is -0.291. The van der Waals surface area contributed by atoms with Crippen molar-refractivity contribution in [2.75, 3.05) is 0 Å². The van der Waals surface area contributed by atoms with Gasteiger partial charge in [0.25, 0.3) is 5.91 Å². The average molecular weight is 542 g/mol. The summed E-state index contributed by atoms with van der Waals surface area (Å²) in [7, 11) is 0.916. The predicted octanol–water partition coefficient (Wildman–Crippen LogP) is 3.58. The molecule has 4 rings (SSSR count). The normalized spacial score (nSPS) is 14.6. The number of hydrogen-bond donors (Lipinski definition) is 1. The maximum Gasteiger partial charge on any atom is 0.459 e. The van der Waals surface area contributed by atoms with Gasteiger partial charge >= 0.3 is 18.7 Å². The largest absolute Gasteiger partial charge is 0.459 e. The van der Waals surface area contributed by atoms with Gasteiger partial charge in [-0.1, -0.05) is 0 Å². The van der Waals surface area contributed by atoms with Crippen LogP contribution in [0.1, 0.15) is 34.6 Å². The smallest absolute Gasteiger partial charge is 0.428 e. The van der Waals surface area contributed by atoms with Gasteiger partial charge in [-0.25, -0.2) is 14.3 Å². The zero-order chi connectivity index (χ0) is 28.0. The Kier molecular flexibility index (Phi) is 6.26. The molecule has 1 saturated carbocycles. The van der Waals surface area contributed by atoms with Crippen molar-refractivity contribution < 1.29 is 40.3 Å². The Morgan fingerprint density at radius 1 is 1.18 bits per heavy atom. The maximum absolute atomic E-state index is 14.0. The van der Waals surface area contributed by atoms with Crippen LogP contribution < -0.4 is 10.1 Å². The average Bonchev–Trinajstić information content (AvgIpc) is 3.30. The van der Waals surface area contributed by atoms with Gasteiger partial charge in [-0.05, 0) is 18.9 Å². The quantitative estimate of drug-likeness (QED) is 0.451. The molecule has 10 nitrogen and oxygen atoms in total. The highest BCUT2D eigenvalue weighted by Crippen LogP contribution is 2.48. The predicted molar refractivity (Wildman–Crippen MR) is 110 cm³/mol. The summed E-state index contributed by atoms with van der Waals surface area (Å²) in [5.41, 5.74) is -3.38. The standard InChI is InChI=1S/C21H13F7N8O2/c1-35-17(14(38-18(22)23)15(34-35)20(24,25)21(26,27)28)36-8-11(7-32-36)10-4-12(13(5-29)31-6-10)16(37)33-19(9-30)2-3-19/h4,6-8,18H,2-3H2,1H3,(H,33,37). The van der Waals surface area contributed by atoms with Gasteiger partial charge in [0.05, 0.1) is 17.8 Å². The van der Waals surface area contributed by atoms with Crippen LogP contribution in [0, 0.1) is 22.7 Å². The van der Waals surface area contributed by atoms with Crippen molar-refractivity contribution in [1.29, 1.82) is 10.5 Å². The first-order valence-electron chi connectivity index (χ1n) is 10.4. The van der Waals surface area contributed by atoms with Crippen LogP contribution in [-0.2, 0) is 13.0 Å². The molecule has 0 aliphatic heterocycles. The molecule has 17 heteroatoms. The summed E-state index contributed by atoms with van der Waals surface area (Å²) in [6.07, 6.45) is -2.06. The van der Waals surface area contributed by atoms with Crippen LogP contribution in [-0.4, -0.2) is 48.8 Å². The van der Waals surface area contributed by atoms with Gasteiger partial charge in [0.1, 0.15) is 11.6 Å². The van der Waals surface area contributed by atoms with Gasteiger partial charge in [0.2, 0.25) is 0 Å². The molecule has 1 aliphatic rings. The van der Waals surface area contributed by atoms with Crippen LogP contribution in [0.4, 0.5) is 30.7 Å². The zero-order valence-electron chi connectivity index (χ0n) is 18.9. The Hall–Kier alpha value is -4.67. The fourth-order valence-corrected chi connectivity index (χ4v) is 3.43. The molecular formula is C21H13F7N8O2. The molecular weight excluding hydrogens is 529 g/mol. The number of hydrogen-bond acceptors (Lipinski definition) is 7. The summed E-state index contributed by atoms with van der Waals surface area (Å²) < 4.78 is 98.1. The lowest BCUT2D eigenvalue weighted by atomic mass is 10.1. The third-order valence-electron chi connectivity index (χ3n) is 5.52. The number of halogens is 7. The molecule has 38 heavy (non-hydrogen) atoms. The second kappa shape index (κ2) is 9.02. The third-order valence-corrected chi connectivity index (χ3v) is 5.52. The van der Waals surface area contributed by atoms with Crippen LogP contribution in [0.25, 0.3) is 16.9 Å². The van der Waals surface area contributed by atoms with Crippen molar-refractivity contribution >= 4 is 5.91 Å². The van der Waals surface area contributed by atoms with Gasteiger partial charge in [-0.3, -0.25) is 4.79 Å². The number of nitrogens with zero attached hydrogens (tertiary/aromatic N) is 7. The van der Waals surface area contributed by atoms with Gasteiger partial charge < -0.3 is 10.1 Å². The van der Waals surface area contributed by atoms with Crippen LogP contribution in [0.3, 0.4) is 0 Å². The van der Waals surface area contributed by atoms with Crippen molar-refractivity contribution in [2.45, 2.75) is 37.1 Å². The summed E-state index contributed by atoms with van der Waals surface area (Å²) in [6, 6.07) is 4.91. The summed E-state index contributed by atoms with van der Waals surface area (Å²) >= 11 is 0. The minimum absolute atomic E-state index is 0.103. The van der Waals surface area contributed by atoms with Crippen molar-refractivity contribution in [3.8, 4) is 34.8 Å². The van der Waals surface area contributed by atoms with E-state index in [1.54, 1.807) is 6.07 Å². The van der Waals surface area contributed by atoms with Crippen molar-refractivity contribution in [3.63, 3.8) is 0 Å². The number of rotatable bonds is 7. The first-order valence-corrected chi connectivity index (χ1v) is 10.4. The van der Waals surface area contributed by atoms with Crippen LogP contribution >= 0.6 is 0 Å². The first kappa shape index (κ1) is 26.4. The number of nitriles is 2. The summed E-state index contributed by atoms with van der Waals surface area (Å²) in [5, 5.41) is 27.9. The molecule has 198 valence electrons. The molecule has 0 bridgehead atoms. The lowest BCUT2D eigenvalue weighted by Gasteiger charge is -2.18. The van der Waals surface area contributed by atoms with E-state index in [4.69, 9.17) is 0 Å². The SMILES string of the molecule is Cn1nc(C(F)(F)C(F)(F)F)c(OC(F)F)c1-n1cc(-c2cnc(C#N)c(C(=O)NC3(C#N)CC3)c2)cn1. The van der Waals surface area contributed by atoms with E-state index in [1.165, 1.54) is 6.07 Å². The van der Waals surface area contributed by atoms with Crippen LogP contribution in [0.15, 0.2) is 24.7 Å². The Morgan fingerprint density at radius 3 is 2.42 bits per heavy atom. The van der Waals surface area contributed by atoms with Crippen LogP contribution in [0.5, 0.6) is 5.75 Å². The van der Waals surface area contributed by atoms with E-state index in [0.29, 0.717) is 22.2 Å². The number of aryl methyl sites for hydroxylation is 1. The number of carbonyl (C=O) groups excluding carboxylic acids is 1. The van der Waals surface area contributed by atoms with E-state index < -0.39 is 47.4 Å². The summed E-state index contributed by atoms with van der Waals surface area (Å²) in [6.45, 7) is -3.78. The molecule has 1 fully saturated rings. The topological polar surface area (TPSA) is 134 Å². The van der Waals surface area contributed by atoms with Gasteiger partial charge in [0.15, 0.2) is 23.0 Å². The summed E-state index contributed by atoms with van der Waals surface area (Å²) in [5.74, 6) is -8.73. The number of amides is 1. The fraction of sp³-hybridized carbons (Fsp3) is 0.333. The highest BCUT2D eigenvalue weighted by Gasteiger charge is 2.62. The van der Waals surface area contributed by atoms with E-state index in [-0.39, 0.29) is 22.4 Å². The Balaban J connectivity index is 1.76. The van der Waals surface area contributed by atoms with Crippen molar-refractivity contribution in [3.05, 3.63) is 41.6 Å². The molecule has 3 heterocycles. The minimum Gasteiger partial charge on any atom is -0.428 e. The highest BCUT2D eigenvalue weighted by atomic mass is 19.4. The Labute approximate surface area is 207 Å². The number of pyridine rings is 1. The van der Waals surface area contributed by atoms with Gasteiger partial charge in [-0.15, -0.1) is 0 Å². The molecule has 0 radical (unpaired) electrons. The fourth-order valence-electron chi connectivity index (χ4n) is 3.43. The molecule has 0 spiro atoms. The molecule has 3 aromatic heterocycles. The second-order valence-corrected chi connectivity index (χ2v) is 8.13. The van der Waals surface area contributed by atoms with Crippen molar-refractivity contribution in [1.82, 2.24) is 29.9 Å². The lowest BCUT2D eigenvalue weighted by Crippen LogP contribution is -2.36. The molecule has 0 aromatic carbocycles. The van der Waals surface area contributed by atoms with E-state index in [2.05, 4.69) is 25.2 Å². The molecule has 0 saturated heterocycles. The summed E-state index contributed by atoms with van der Waals surface area (Å²) in [4.78, 5) is 16.6. The maximum atomic E-state index is 14.0. The van der Waals surface area contributed by atoms with E-state index >= 15 is 0 Å². The van der Waals surface area contributed by atoms with E-state index in [0.717, 1.165) is 25.6 Å². The highest BCUT2D eigenvalue weighted by molar-refractivity contribution is 5.98. The number of aromatic nitrogens is 5. The molecule has 0 unspecified atom stereocenters. The second-order valence-electron chi connectivity index (χ2n) is 8.13. The number of alkyl halides is 7. The van der Waals surface area contributed by atoms with E-state index in [1.807, 2.05) is 6.07 Å². The Morgan fingerprint density at radius 2 is 1.87 bits per heavy atom. The van der Waals surface area contributed by atoms with Gasteiger partial charge in [-0.2, -0.15) is 51.5 Å². The van der Waals surface area contributed by atoms with Gasteiger partial charge in [0, 0.05) is 30.6 Å². The molecule has 0 atom stereocenters. The van der Waals surface area contributed by atoms with Crippen LogP contribution in [0.2, 0.25) is 0 Å². The number of nitrogens with one attached hydrogen (secondary N) is 1. The molecule has 1 aliphatic carbocycles. The zero-order valence-corrected chi connectivity index (χ0v) is 18.9. The Bertz CT molecular complexity index is 1490. The first-order chi connectivity index (χ1) is 17.7. The molecule has 3 aromatic rings. The number of carbonyl (C=O) groups is 1. The monoisotopic (exact) mass is 542 g/mol. The molecule has 1 amide bonds. The minimum atomic E-state index is -6.16. The molecule has 1 N–H and O–H groups in total. The van der Waals surface area contributed by atoms with E-state index in [9.17, 15) is 46.1 Å². The number of ether oxygens (including phenoxy) is 1.